The molecule has 0 aliphatic heterocycles. The predicted molar refractivity (Wildman–Crippen MR) is 60.3 cm³/mol. The van der Waals surface area contributed by atoms with E-state index in [4.69, 9.17) is 18.5 Å². The minimum Gasteiger partial charge on any atom is -0.374 e. The monoisotopic (exact) mass is 231 g/mol. The van der Waals surface area contributed by atoms with Gasteiger partial charge in [0.05, 0.1) is 6.07 Å². The van der Waals surface area contributed by atoms with Crippen molar-refractivity contribution >= 4 is 8.80 Å². The first-order valence-corrected chi connectivity index (χ1v) is 7.42. The molecule has 0 rings (SSSR count). The highest BCUT2D eigenvalue weighted by atomic mass is 28.4. The SMILES string of the molecule is CCC[Si](OCC)(OCC)OC(C)C#N. The Bertz CT molecular complexity index is 188. The van der Waals surface area contributed by atoms with Crippen molar-refractivity contribution in [3.63, 3.8) is 0 Å². The molecule has 4 nitrogen and oxygen atoms in total. The van der Waals surface area contributed by atoms with Gasteiger partial charge in [-0.25, -0.2) is 0 Å². The van der Waals surface area contributed by atoms with Gasteiger partial charge in [0, 0.05) is 19.3 Å². The summed E-state index contributed by atoms with van der Waals surface area (Å²) in [5, 5.41) is 8.74. The molecule has 0 amide bonds. The number of hydrogen-bond acceptors (Lipinski definition) is 4. The highest BCUT2D eigenvalue weighted by Crippen LogP contribution is 2.19. The lowest BCUT2D eigenvalue weighted by atomic mass is 10.5. The van der Waals surface area contributed by atoms with E-state index in [2.05, 4.69) is 6.92 Å². The van der Waals surface area contributed by atoms with E-state index < -0.39 is 14.9 Å². The summed E-state index contributed by atoms with van der Waals surface area (Å²) in [6.07, 6.45) is 0.464. The molecule has 5 heteroatoms. The topological polar surface area (TPSA) is 51.5 Å². The van der Waals surface area contributed by atoms with E-state index in [9.17, 15) is 0 Å². The van der Waals surface area contributed by atoms with Crippen LogP contribution in [0.4, 0.5) is 0 Å². The number of hydrogen-bond donors (Lipinski definition) is 0. The van der Waals surface area contributed by atoms with Crippen LogP contribution in [0.2, 0.25) is 6.04 Å². The van der Waals surface area contributed by atoms with Crippen molar-refractivity contribution in [3.05, 3.63) is 0 Å². The van der Waals surface area contributed by atoms with Gasteiger partial charge >= 0.3 is 8.80 Å². The molecule has 88 valence electrons. The zero-order valence-electron chi connectivity index (χ0n) is 10.1. The maximum atomic E-state index is 8.74. The summed E-state index contributed by atoms with van der Waals surface area (Å²) < 4.78 is 16.9. The molecular weight excluding hydrogens is 210 g/mol. The fourth-order valence-electron chi connectivity index (χ4n) is 1.35. The Balaban J connectivity index is 4.53. The van der Waals surface area contributed by atoms with Crippen LogP contribution in [0.25, 0.3) is 0 Å². The lowest BCUT2D eigenvalue weighted by Gasteiger charge is -2.29. The first-order valence-electron chi connectivity index (χ1n) is 5.49. The summed E-state index contributed by atoms with van der Waals surface area (Å²) in [7, 11) is -2.60. The van der Waals surface area contributed by atoms with Crippen molar-refractivity contribution in [2.45, 2.75) is 46.3 Å². The summed E-state index contributed by atoms with van der Waals surface area (Å²) in [5.41, 5.74) is 0. The summed E-state index contributed by atoms with van der Waals surface area (Å²) in [6.45, 7) is 8.72. The quantitative estimate of drug-likeness (QED) is 0.602. The van der Waals surface area contributed by atoms with E-state index in [0.717, 1.165) is 12.5 Å². The Hall–Kier alpha value is -0.413. The minimum atomic E-state index is -2.60. The van der Waals surface area contributed by atoms with E-state index in [1.807, 2.05) is 19.9 Å². The average Bonchev–Trinajstić information content (AvgIpc) is 2.18. The number of nitriles is 1. The van der Waals surface area contributed by atoms with E-state index in [-0.39, 0.29) is 0 Å². The van der Waals surface area contributed by atoms with Crippen molar-refractivity contribution in [3.8, 4) is 6.07 Å². The van der Waals surface area contributed by atoms with Gasteiger partial charge in [-0.15, -0.1) is 0 Å². The largest absolute Gasteiger partial charge is 0.501 e. The molecule has 0 N–H and O–H groups in total. The van der Waals surface area contributed by atoms with E-state index in [1.165, 1.54) is 0 Å². The third-order valence-electron chi connectivity index (χ3n) is 1.82. The van der Waals surface area contributed by atoms with E-state index >= 15 is 0 Å². The molecule has 0 aromatic heterocycles. The highest BCUT2D eigenvalue weighted by molar-refractivity contribution is 6.60. The average molecular weight is 231 g/mol. The van der Waals surface area contributed by atoms with Crippen LogP contribution in [0.5, 0.6) is 0 Å². The van der Waals surface area contributed by atoms with Crippen LogP contribution in [0, 0.1) is 11.3 Å². The molecule has 1 atom stereocenters. The fraction of sp³-hybridized carbons (Fsp3) is 0.900. The molecule has 0 aromatic rings. The van der Waals surface area contributed by atoms with Gasteiger partial charge in [-0.1, -0.05) is 13.3 Å². The van der Waals surface area contributed by atoms with Gasteiger partial charge in [-0.2, -0.15) is 5.26 Å². The zero-order valence-corrected chi connectivity index (χ0v) is 11.1. The van der Waals surface area contributed by atoms with Crippen molar-refractivity contribution in [2.24, 2.45) is 0 Å². The Morgan fingerprint density at radius 1 is 1.20 bits per heavy atom. The van der Waals surface area contributed by atoms with Gasteiger partial charge in [-0.3, -0.25) is 0 Å². The fourth-order valence-corrected chi connectivity index (χ4v) is 4.06. The molecule has 0 radical (unpaired) electrons. The molecule has 0 aliphatic rings. The molecule has 0 saturated heterocycles. The van der Waals surface area contributed by atoms with Crippen LogP contribution in [0.1, 0.15) is 34.1 Å². The summed E-state index contributed by atoms with van der Waals surface area (Å²) in [6, 6.07) is 2.81. The lowest BCUT2D eigenvalue weighted by Crippen LogP contribution is -2.47. The molecule has 15 heavy (non-hydrogen) atoms. The van der Waals surface area contributed by atoms with Crippen LogP contribution in [0.15, 0.2) is 0 Å². The van der Waals surface area contributed by atoms with Crippen LogP contribution in [-0.4, -0.2) is 28.1 Å². The Morgan fingerprint density at radius 2 is 1.73 bits per heavy atom. The molecule has 0 aromatic carbocycles. The molecular formula is C10H21NO3Si. The zero-order chi connectivity index (χ0) is 11.7. The summed E-state index contributed by atoms with van der Waals surface area (Å²) in [4.78, 5) is 0. The summed E-state index contributed by atoms with van der Waals surface area (Å²) in [5.74, 6) is 0. The van der Waals surface area contributed by atoms with Crippen molar-refractivity contribution in [1.82, 2.24) is 0 Å². The lowest BCUT2D eigenvalue weighted by molar-refractivity contribution is 0.0541. The van der Waals surface area contributed by atoms with Gasteiger partial charge in [0.25, 0.3) is 0 Å². The first kappa shape index (κ1) is 14.6. The van der Waals surface area contributed by atoms with Gasteiger partial charge in [-0.05, 0) is 20.8 Å². The standard InChI is InChI=1S/C10H21NO3Si/c1-5-8-15(12-6-2,13-7-3)14-10(4)9-11/h10H,5-8H2,1-4H3. The van der Waals surface area contributed by atoms with Crippen molar-refractivity contribution in [1.29, 1.82) is 5.26 Å². The van der Waals surface area contributed by atoms with Crippen LogP contribution in [-0.2, 0) is 13.3 Å². The molecule has 0 bridgehead atoms. The summed E-state index contributed by atoms with van der Waals surface area (Å²) >= 11 is 0. The second-order valence-corrected chi connectivity index (χ2v) is 5.87. The highest BCUT2D eigenvalue weighted by Gasteiger charge is 2.41. The molecule has 0 heterocycles. The Labute approximate surface area is 93.5 Å². The van der Waals surface area contributed by atoms with Crippen molar-refractivity contribution in [2.75, 3.05) is 13.2 Å². The number of nitrogens with zero attached hydrogens (tertiary/aromatic N) is 1. The maximum absolute atomic E-state index is 8.74. The van der Waals surface area contributed by atoms with Crippen LogP contribution >= 0.6 is 0 Å². The van der Waals surface area contributed by atoms with Crippen LogP contribution < -0.4 is 0 Å². The smallest absolute Gasteiger partial charge is 0.374 e. The van der Waals surface area contributed by atoms with Gasteiger partial charge in [0.15, 0.2) is 0 Å². The normalized spacial score (nSPS) is 13.5. The van der Waals surface area contributed by atoms with E-state index in [0.29, 0.717) is 13.2 Å². The Kier molecular flexibility index (Phi) is 7.61. The minimum absolute atomic E-state index is 0.471. The van der Waals surface area contributed by atoms with Gasteiger partial charge in [0.2, 0.25) is 0 Å². The molecule has 0 saturated carbocycles. The van der Waals surface area contributed by atoms with Gasteiger partial charge in [0.1, 0.15) is 6.10 Å². The number of rotatable bonds is 8. The predicted octanol–water partition coefficient (Wildman–Crippen LogP) is 2.34. The second kappa shape index (κ2) is 7.82. The molecule has 0 aliphatic carbocycles. The van der Waals surface area contributed by atoms with Gasteiger partial charge < -0.3 is 13.3 Å². The molecule has 0 fully saturated rings. The third kappa shape index (κ3) is 5.28. The van der Waals surface area contributed by atoms with Crippen LogP contribution in [0.3, 0.4) is 0 Å². The third-order valence-corrected chi connectivity index (χ3v) is 5.10. The first-order chi connectivity index (χ1) is 7.14. The Morgan fingerprint density at radius 3 is 2.07 bits per heavy atom. The maximum Gasteiger partial charge on any atom is 0.501 e. The van der Waals surface area contributed by atoms with Crippen molar-refractivity contribution < 1.29 is 13.3 Å². The second-order valence-electron chi connectivity index (χ2n) is 3.19. The van der Waals surface area contributed by atoms with E-state index in [1.54, 1.807) is 6.92 Å². The molecule has 0 spiro atoms. The molecule has 1 unspecified atom stereocenters.